The molecule has 0 aliphatic heterocycles. The zero-order valence-electron chi connectivity index (χ0n) is 11.9. The van der Waals surface area contributed by atoms with Crippen molar-refractivity contribution in [3.05, 3.63) is 23.2 Å². The van der Waals surface area contributed by atoms with Gasteiger partial charge in [-0.1, -0.05) is 11.6 Å². The smallest absolute Gasteiger partial charge is 0.241 e. The predicted octanol–water partition coefficient (Wildman–Crippen LogP) is 2.85. The second-order valence-electron chi connectivity index (χ2n) is 4.44. The van der Waals surface area contributed by atoms with Crippen LogP contribution in [-0.4, -0.2) is 38.1 Å². The third kappa shape index (κ3) is 5.79. The van der Waals surface area contributed by atoms with Gasteiger partial charge >= 0.3 is 0 Å². The lowest BCUT2D eigenvalue weighted by Crippen LogP contribution is -2.36. The molecule has 7 heteroatoms. The van der Waals surface area contributed by atoms with E-state index in [0.29, 0.717) is 17.1 Å². The van der Waals surface area contributed by atoms with E-state index in [1.54, 1.807) is 17.8 Å². The Bertz CT molecular complexity index is 444. The molecule has 20 heavy (non-hydrogen) atoms. The number of hydrogen-bond acceptors (Lipinski definition) is 4. The summed E-state index contributed by atoms with van der Waals surface area (Å²) in [5.74, 6) is 0.692. The Morgan fingerprint density at radius 2 is 2.15 bits per heavy atom. The van der Waals surface area contributed by atoms with Gasteiger partial charge in [-0.3, -0.25) is 4.79 Å². The molecule has 0 aromatic heterocycles. The Morgan fingerprint density at radius 1 is 1.50 bits per heavy atom. The molecule has 1 atom stereocenters. The van der Waals surface area contributed by atoms with Crippen LogP contribution < -0.4 is 16.0 Å². The monoisotopic (exact) mass is 337 g/mol. The highest BCUT2D eigenvalue weighted by atomic mass is 35.5. The van der Waals surface area contributed by atoms with Gasteiger partial charge in [-0.2, -0.15) is 11.8 Å². The topological polar surface area (TPSA) is 58.4 Å². The molecular formula is C13H21Cl2N3OS. The number of nitrogens with zero attached hydrogens (tertiary/aromatic N) is 1. The number of nitrogens with one attached hydrogen (secondary N) is 1. The van der Waals surface area contributed by atoms with Crippen LogP contribution in [0.5, 0.6) is 0 Å². The summed E-state index contributed by atoms with van der Waals surface area (Å²) < 4.78 is 0. The lowest BCUT2D eigenvalue weighted by atomic mass is 10.2. The summed E-state index contributed by atoms with van der Waals surface area (Å²) in [6, 6.07) is 4.93. The van der Waals surface area contributed by atoms with Crippen molar-refractivity contribution in [1.82, 2.24) is 0 Å². The molecule has 0 bridgehead atoms. The highest BCUT2D eigenvalue weighted by Gasteiger charge is 2.13. The molecule has 3 N–H and O–H groups in total. The molecule has 1 aromatic carbocycles. The molecule has 1 rings (SSSR count). The van der Waals surface area contributed by atoms with Gasteiger partial charge in [0, 0.05) is 19.8 Å². The van der Waals surface area contributed by atoms with Crippen LogP contribution in [0.1, 0.15) is 6.42 Å². The van der Waals surface area contributed by atoms with E-state index in [0.717, 1.165) is 11.4 Å². The number of benzene rings is 1. The van der Waals surface area contributed by atoms with Crippen molar-refractivity contribution in [2.45, 2.75) is 12.5 Å². The minimum absolute atomic E-state index is 0. The van der Waals surface area contributed by atoms with Gasteiger partial charge < -0.3 is 16.0 Å². The third-order valence-corrected chi connectivity index (χ3v) is 3.61. The molecule has 0 spiro atoms. The molecule has 0 radical (unpaired) electrons. The largest absolute Gasteiger partial charge is 0.376 e. The average molecular weight is 338 g/mol. The summed E-state index contributed by atoms with van der Waals surface area (Å²) in [6.45, 7) is 0. The van der Waals surface area contributed by atoms with Crippen molar-refractivity contribution in [1.29, 1.82) is 0 Å². The molecular weight excluding hydrogens is 317 g/mol. The number of thioether (sulfide) groups is 1. The van der Waals surface area contributed by atoms with Crippen molar-refractivity contribution >= 4 is 53.1 Å². The highest BCUT2D eigenvalue weighted by molar-refractivity contribution is 7.98. The van der Waals surface area contributed by atoms with Crippen molar-refractivity contribution < 1.29 is 4.79 Å². The Kier molecular flexibility index (Phi) is 9.05. The number of amides is 1. The quantitative estimate of drug-likeness (QED) is 0.837. The van der Waals surface area contributed by atoms with Crippen LogP contribution in [0, 0.1) is 0 Å². The van der Waals surface area contributed by atoms with Gasteiger partial charge in [-0.05, 0) is 36.6 Å². The van der Waals surface area contributed by atoms with Crippen LogP contribution in [0.4, 0.5) is 11.4 Å². The molecule has 114 valence electrons. The van der Waals surface area contributed by atoms with Crippen LogP contribution >= 0.6 is 35.8 Å². The van der Waals surface area contributed by atoms with E-state index in [1.807, 2.05) is 37.4 Å². The molecule has 4 nitrogen and oxygen atoms in total. The summed E-state index contributed by atoms with van der Waals surface area (Å²) in [6.07, 6.45) is 2.65. The van der Waals surface area contributed by atoms with Crippen molar-refractivity contribution in [3.8, 4) is 0 Å². The first-order valence-electron chi connectivity index (χ1n) is 5.98. The number of anilines is 2. The van der Waals surface area contributed by atoms with Crippen LogP contribution in [-0.2, 0) is 4.79 Å². The number of carbonyl (C=O) groups is 1. The summed E-state index contributed by atoms with van der Waals surface area (Å²) in [4.78, 5) is 13.8. The molecule has 1 amide bonds. The van der Waals surface area contributed by atoms with E-state index in [4.69, 9.17) is 17.3 Å². The van der Waals surface area contributed by atoms with Gasteiger partial charge in [-0.15, -0.1) is 12.4 Å². The highest BCUT2D eigenvalue weighted by Crippen LogP contribution is 2.27. The van der Waals surface area contributed by atoms with Gasteiger partial charge in [0.15, 0.2) is 0 Å². The summed E-state index contributed by atoms with van der Waals surface area (Å²) in [5, 5.41) is 3.38. The van der Waals surface area contributed by atoms with E-state index in [-0.39, 0.29) is 18.3 Å². The van der Waals surface area contributed by atoms with Crippen molar-refractivity contribution in [2.75, 3.05) is 36.3 Å². The second kappa shape index (κ2) is 9.34. The fourth-order valence-electron chi connectivity index (χ4n) is 1.56. The number of carbonyl (C=O) groups excluding carboxylic acids is 1. The van der Waals surface area contributed by atoms with Gasteiger partial charge in [0.05, 0.1) is 16.8 Å². The van der Waals surface area contributed by atoms with Gasteiger partial charge in [0.2, 0.25) is 5.91 Å². The number of nitrogens with two attached hydrogens (primary N) is 1. The van der Waals surface area contributed by atoms with Crippen LogP contribution in [0.3, 0.4) is 0 Å². The molecule has 0 aliphatic carbocycles. The SMILES string of the molecule is CSCC[C@H](N)C(=O)Nc1ccc(N(C)C)c(Cl)c1.Cl. The summed E-state index contributed by atoms with van der Waals surface area (Å²) >= 11 is 7.82. The van der Waals surface area contributed by atoms with Crippen molar-refractivity contribution in [3.63, 3.8) is 0 Å². The zero-order chi connectivity index (χ0) is 14.4. The van der Waals surface area contributed by atoms with Crippen molar-refractivity contribution in [2.24, 2.45) is 5.73 Å². The third-order valence-electron chi connectivity index (χ3n) is 2.67. The minimum Gasteiger partial charge on any atom is -0.376 e. The molecule has 1 aromatic rings. The Morgan fingerprint density at radius 3 is 2.65 bits per heavy atom. The molecule has 0 unspecified atom stereocenters. The summed E-state index contributed by atoms with van der Waals surface area (Å²) in [5.41, 5.74) is 7.38. The molecule has 0 saturated heterocycles. The van der Waals surface area contributed by atoms with E-state index in [1.165, 1.54) is 0 Å². The number of hydrogen-bond donors (Lipinski definition) is 2. The van der Waals surface area contributed by atoms with E-state index >= 15 is 0 Å². The first kappa shape index (κ1) is 19.4. The lowest BCUT2D eigenvalue weighted by Gasteiger charge is -2.16. The maximum absolute atomic E-state index is 11.8. The van der Waals surface area contributed by atoms with Gasteiger partial charge in [0.1, 0.15) is 0 Å². The van der Waals surface area contributed by atoms with Gasteiger partial charge in [0.25, 0.3) is 0 Å². The zero-order valence-corrected chi connectivity index (χ0v) is 14.2. The summed E-state index contributed by atoms with van der Waals surface area (Å²) in [7, 11) is 3.83. The molecule has 0 aliphatic rings. The van der Waals surface area contributed by atoms with E-state index in [9.17, 15) is 4.79 Å². The van der Waals surface area contributed by atoms with Crippen LogP contribution in [0.15, 0.2) is 18.2 Å². The lowest BCUT2D eigenvalue weighted by molar-refractivity contribution is -0.117. The Hall–Kier alpha value is -0.620. The Labute approximate surface area is 135 Å². The fraction of sp³-hybridized carbons (Fsp3) is 0.462. The van der Waals surface area contributed by atoms with Gasteiger partial charge in [-0.25, -0.2) is 0 Å². The maximum Gasteiger partial charge on any atom is 0.241 e. The second-order valence-corrected chi connectivity index (χ2v) is 5.83. The van der Waals surface area contributed by atoms with Crippen LogP contribution in [0.25, 0.3) is 0 Å². The molecule has 0 heterocycles. The minimum atomic E-state index is -0.486. The Balaban J connectivity index is 0.00000361. The maximum atomic E-state index is 11.8. The molecule has 0 saturated carbocycles. The normalized spacial score (nSPS) is 11.4. The predicted molar refractivity (Wildman–Crippen MR) is 92.6 cm³/mol. The van der Waals surface area contributed by atoms with Crippen LogP contribution in [0.2, 0.25) is 5.02 Å². The van der Waals surface area contributed by atoms with E-state index in [2.05, 4.69) is 5.32 Å². The molecule has 0 fully saturated rings. The first-order valence-corrected chi connectivity index (χ1v) is 7.75. The van der Waals surface area contributed by atoms with E-state index < -0.39 is 6.04 Å². The number of halogens is 2. The first-order chi connectivity index (χ1) is 8.95. The standard InChI is InChI=1S/C13H20ClN3OS.ClH/c1-17(2)12-5-4-9(8-10(12)14)16-13(18)11(15)6-7-19-3;/h4-5,8,11H,6-7,15H2,1-3H3,(H,16,18);1H/t11-;/m0./s1. The number of rotatable bonds is 6. The average Bonchev–Trinajstić information content (AvgIpc) is 2.35. The fourth-order valence-corrected chi connectivity index (χ4v) is 2.40.